The highest BCUT2D eigenvalue weighted by Crippen LogP contribution is 2.07. The standard InChI is InChI=1S/C9H16N2O2/c1-5-9(4,6-10)11-8(12)13-7(2)3/h7H,5H2,1-4H3,(H,11,12). The fourth-order valence-corrected chi connectivity index (χ4v) is 0.664. The number of nitrogens with zero attached hydrogens (tertiary/aromatic N) is 1. The van der Waals surface area contributed by atoms with Crippen molar-refractivity contribution < 1.29 is 9.53 Å². The minimum absolute atomic E-state index is 0.167. The first kappa shape index (κ1) is 11.8. The molecule has 0 aliphatic heterocycles. The zero-order valence-corrected chi connectivity index (χ0v) is 8.55. The molecule has 4 heteroatoms. The van der Waals surface area contributed by atoms with Gasteiger partial charge in [0.05, 0.1) is 12.2 Å². The molecule has 1 N–H and O–H groups in total. The van der Waals surface area contributed by atoms with E-state index in [9.17, 15) is 4.79 Å². The molecular formula is C9H16N2O2. The van der Waals surface area contributed by atoms with Crippen LogP contribution in [0.1, 0.15) is 34.1 Å². The van der Waals surface area contributed by atoms with Crippen LogP contribution in [0, 0.1) is 11.3 Å². The van der Waals surface area contributed by atoms with Crippen LogP contribution in [0.2, 0.25) is 0 Å². The highest BCUT2D eigenvalue weighted by Gasteiger charge is 2.24. The molecule has 0 saturated carbocycles. The van der Waals surface area contributed by atoms with Crippen LogP contribution in [-0.2, 0) is 4.74 Å². The van der Waals surface area contributed by atoms with Crippen molar-refractivity contribution in [3.8, 4) is 6.07 Å². The first-order valence-electron chi connectivity index (χ1n) is 4.33. The minimum Gasteiger partial charge on any atom is -0.447 e. The van der Waals surface area contributed by atoms with E-state index in [1.165, 1.54) is 0 Å². The molecule has 0 radical (unpaired) electrons. The predicted octanol–water partition coefficient (Wildman–Crippen LogP) is 1.81. The third kappa shape index (κ3) is 4.36. The molecule has 0 aliphatic carbocycles. The molecule has 0 aromatic carbocycles. The van der Waals surface area contributed by atoms with E-state index < -0.39 is 11.6 Å². The maximum Gasteiger partial charge on any atom is 0.408 e. The zero-order valence-electron chi connectivity index (χ0n) is 8.55. The van der Waals surface area contributed by atoms with Crippen LogP contribution in [-0.4, -0.2) is 17.7 Å². The summed E-state index contributed by atoms with van der Waals surface area (Å²) >= 11 is 0. The van der Waals surface area contributed by atoms with Gasteiger partial charge in [0.2, 0.25) is 0 Å². The molecule has 0 aromatic heterocycles. The molecule has 1 amide bonds. The fourth-order valence-electron chi connectivity index (χ4n) is 0.664. The Morgan fingerprint density at radius 3 is 2.54 bits per heavy atom. The summed E-state index contributed by atoms with van der Waals surface area (Å²) in [7, 11) is 0. The van der Waals surface area contributed by atoms with Crippen molar-refractivity contribution in [3.63, 3.8) is 0 Å². The number of hydrogen-bond acceptors (Lipinski definition) is 3. The van der Waals surface area contributed by atoms with E-state index in [0.717, 1.165) is 0 Å². The lowest BCUT2D eigenvalue weighted by Gasteiger charge is -2.21. The van der Waals surface area contributed by atoms with E-state index in [1.807, 2.05) is 13.0 Å². The molecule has 4 nitrogen and oxygen atoms in total. The van der Waals surface area contributed by atoms with Crippen LogP contribution < -0.4 is 5.32 Å². The highest BCUT2D eigenvalue weighted by atomic mass is 16.6. The molecule has 13 heavy (non-hydrogen) atoms. The van der Waals surface area contributed by atoms with Gasteiger partial charge >= 0.3 is 6.09 Å². The van der Waals surface area contributed by atoms with Gasteiger partial charge in [-0.1, -0.05) is 6.92 Å². The van der Waals surface area contributed by atoms with Gasteiger partial charge in [-0.05, 0) is 27.2 Å². The monoisotopic (exact) mass is 184 g/mol. The Balaban J connectivity index is 4.12. The Morgan fingerprint density at radius 2 is 2.23 bits per heavy atom. The number of alkyl carbamates (subject to hydrolysis) is 1. The molecular weight excluding hydrogens is 168 g/mol. The average Bonchev–Trinajstić information content (AvgIpc) is 2.02. The van der Waals surface area contributed by atoms with Crippen molar-refractivity contribution in [2.24, 2.45) is 0 Å². The van der Waals surface area contributed by atoms with E-state index in [-0.39, 0.29) is 6.10 Å². The van der Waals surface area contributed by atoms with Gasteiger partial charge in [-0.15, -0.1) is 0 Å². The molecule has 0 saturated heterocycles. The Labute approximate surface area is 78.9 Å². The van der Waals surface area contributed by atoms with Crippen LogP contribution >= 0.6 is 0 Å². The number of carbonyl (C=O) groups excluding carboxylic acids is 1. The zero-order chi connectivity index (χ0) is 10.5. The smallest absolute Gasteiger partial charge is 0.408 e. The quantitative estimate of drug-likeness (QED) is 0.727. The van der Waals surface area contributed by atoms with E-state index >= 15 is 0 Å². The minimum atomic E-state index is -0.827. The van der Waals surface area contributed by atoms with Gasteiger partial charge < -0.3 is 10.1 Å². The lowest BCUT2D eigenvalue weighted by atomic mass is 10.0. The van der Waals surface area contributed by atoms with Crippen molar-refractivity contribution in [2.75, 3.05) is 0 Å². The summed E-state index contributed by atoms with van der Waals surface area (Å²) in [5.74, 6) is 0. The molecule has 0 rings (SSSR count). The van der Waals surface area contributed by atoms with Gasteiger partial charge in [0.25, 0.3) is 0 Å². The molecule has 0 bridgehead atoms. The molecule has 1 atom stereocenters. The maximum atomic E-state index is 11.1. The average molecular weight is 184 g/mol. The molecule has 74 valence electrons. The molecule has 1 unspecified atom stereocenters. The predicted molar refractivity (Wildman–Crippen MR) is 49.1 cm³/mol. The number of hydrogen-bond donors (Lipinski definition) is 1. The van der Waals surface area contributed by atoms with Crippen LogP contribution in [0.4, 0.5) is 4.79 Å². The Kier molecular flexibility index (Phi) is 4.26. The van der Waals surface area contributed by atoms with Crippen LogP contribution in [0.3, 0.4) is 0 Å². The molecule has 0 aliphatic rings. The Hall–Kier alpha value is -1.24. The van der Waals surface area contributed by atoms with Crippen molar-refractivity contribution in [2.45, 2.75) is 45.8 Å². The van der Waals surface area contributed by atoms with Gasteiger partial charge in [0, 0.05) is 0 Å². The number of ether oxygens (including phenoxy) is 1. The van der Waals surface area contributed by atoms with Crippen molar-refractivity contribution in [1.82, 2.24) is 5.32 Å². The number of amides is 1. The van der Waals surface area contributed by atoms with Crippen LogP contribution in [0.5, 0.6) is 0 Å². The van der Waals surface area contributed by atoms with E-state index in [0.29, 0.717) is 6.42 Å². The van der Waals surface area contributed by atoms with Crippen LogP contribution in [0.25, 0.3) is 0 Å². The topological polar surface area (TPSA) is 62.1 Å². The summed E-state index contributed by atoms with van der Waals surface area (Å²) < 4.78 is 4.85. The SMILES string of the molecule is CCC(C)(C#N)NC(=O)OC(C)C. The normalized spacial score (nSPS) is 14.5. The number of nitriles is 1. The molecule has 0 fully saturated rings. The van der Waals surface area contributed by atoms with E-state index in [4.69, 9.17) is 10.00 Å². The first-order valence-corrected chi connectivity index (χ1v) is 4.33. The van der Waals surface area contributed by atoms with Gasteiger partial charge in [0.15, 0.2) is 0 Å². The van der Waals surface area contributed by atoms with Gasteiger partial charge in [-0.2, -0.15) is 5.26 Å². The van der Waals surface area contributed by atoms with Gasteiger partial charge in [0.1, 0.15) is 5.54 Å². The number of rotatable bonds is 3. The molecule has 0 heterocycles. The summed E-state index contributed by atoms with van der Waals surface area (Å²) in [5.41, 5.74) is -0.827. The van der Waals surface area contributed by atoms with E-state index in [1.54, 1.807) is 20.8 Å². The molecule has 0 aromatic rings. The van der Waals surface area contributed by atoms with Crippen molar-refractivity contribution in [3.05, 3.63) is 0 Å². The third-order valence-corrected chi connectivity index (χ3v) is 1.67. The summed E-state index contributed by atoms with van der Waals surface area (Å²) in [6.07, 6.45) is -0.155. The lowest BCUT2D eigenvalue weighted by molar-refractivity contribution is 0.109. The lowest BCUT2D eigenvalue weighted by Crippen LogP contribution is -2.45. The third-order valence-electron chi connectivity index (χ3n) is 1.67. The Bertz CT molecular complexity index is 220. The highest BCUT2D eigenvalue weighted by molar-refractivity contribution is 5.69. The second-order valence-electron chi connectivity index (χ2n) is 3.38. The second-order valence-corrected chi connectivity index (χ2v) is 3.38. The maximum absolute atomic E-state index is 11.1. The Morgan fingerprint density at radius 1 is 1.69 bits per heavy atom. The summed E-state index contributed by atoms with van der Waals surface area (Å²) in [4.78, 5) is 11.1. The number of carbonyl (C=O) groups is 1. The second kappa shape index (κ2) is 4.70. The summed E-state index contributed by atoms with van der Waals surface area (Å²) in [6.45, 7) is 7.01. The van der Waals surface area contributed by atoms with Crippen LogP contribution in [0.15, 0.2) is 0 Å². The van der Waals surface area contributed by atoms with Crippen molar-refractivity contribution in [1.29, 1.82) is 5.26 Å². The van der Waals surface area contributed by atoms with Gasteiger partial charge in [-0.3, -0.25) is 0 Å². The summed E-state index contributed by atoms with van der Waals surface area (Å²) in [5, 5.41) is 11.2. The first-order chi connectivity index (χ1) is 5.93. The van der Waals surface area contributed by atoms with E-state index in [2.05, 4.69) is 5.32 Å². The summed E-state index contributed by atoms with van der Waals surface area (Å²) in [6, 6.07) is 2.02. The van der Waals surface area contributed by atoms with Gasteiger partial charge in [-0.25, -0.2) is 4.79 Å². The van der Waals surface area contributed by atoms with Crippen molar-refractivity contribution >= 4 is 6.09 Å². The fraction of sp³-hybridized carbons (Fsp3) is 0.778. The largest absolute Gasteiger partial charge is 0.447 e. The number of nitrogens with one attached hydrogen (secondary N) is 1. The molecule has 0 spiro atoms.